The van der Waals surface area contributed by atoms with Gasteiger partial charge in [0.15, 0.2) is 0 Å². The number of ether oxygens (including phenoxy) is 4. The minimum Gasteiger partial charge on any atom is -0.506 e. The Bertz CT molecular complexity index is 1270. The molecule has 0 saturated carbocycles. The normalized spacial score (nSPS) is 13.0. The topological polar surface area (TPSA) is 142 Å². The molecule has 1 N–H and O–H groups in total. The minimum atomic E-state index is -0.888. The van der Waals surface area contributed by atoms with Gasteiger partial charge in [0, 0.05) is 24.8 Å². The smallest absolute Gasteiger partial charge is 0.341 e. The lowest BCUT2D eigenvalue weighted by molar-refractivity contribution is -0.137. The van der Waals surface area contributed by atoms with Crippen LogP contribution in [-0.4, -0.2) is 48.8 Å². The fourth-order valence-electron chi connectivity index (χ4n) is 3.58. The van der Waals surface area contributed by atoms with E-state index in [1.165, 1.54) is 19.1 Å². The summed E-state index contributed by atoms with van der Waals surface area (Å²) in [5.74, 6) is -6.06. The van der Waals surface area contributed by atoms with Gasteiger partial charge >= 0.3 is 17.9 Å². The number of carbonyl (C=O) groups is 5. The second kappa shape index (κ2) is 8.14. The summed E-state index contributed by atoms with van der Waals surface area (Å²) in [4.78, 5) is 61.3. The average Bonchev–Trinajstić information content (AvgIpc) is 2.70. The Morgan fingerprint density at radius 2 is 1.53 bits per heavy atom. The van der Waals surface area contributed by atoms with E-state index in [-0.39, 0.29) is 38.8 Å². The second-order valence-corrected chi connectivity index (χ2v) is 6.82. The van der Waals surface area contributed by atoms with Crippen LogP contribution in [0.15, 0.2) is 23.7 Å². The lowest BCUT2D eigenvalue weighted by atomic mass is 9.86. The van der Waals surface area contributed by atoms with Crippen LogP contribution in [-0.2, 0) is 23.8 Å². The van der Waals surface area contributed by atoms with Crippen LogP contribution < -0.4 is 4.74 Å². The molecule has 2 aromatic carbocycles. The van der Waals surface area contributed by atoms with Crippen LogP contribution in [0.1, 0.15) is 50.5 Å². The molecule has 0 amide bonds. The Morgan fingerprint density at radius 3 is 2.06 bits per heavy atom. The largest absolute Gasteiger partial charge is 0.506 e. The highest BCUT2D eigenvalue weighted by Crippen LogP contribution is 2.42. The Kier molecular flexibility index (Phi) is 5.72. The number of esters is 3. The molecule has 10 nitrogen and oxygen atoms in total. The van der Waals surface area contributed by atoms with Crippen molar-refractivity contribution < 1.29 is 48.0 Å². The Balaban J connectivity index is 2.41. The summed E-state index contributed by atoms with van der Waals surface area (Å²) in [6.07, 6.45) is 0. The lowest BCUT2D eigenvalue weighted by Crippen LogP contribution is -2.26. The molecule has 1 aliphatic rings. The number of aromatic hydroxyl groups is 1. The first kappa shape index (κ1) is 22.5. The summed E-state index contributed by atoms with van der Waals surface area (Å²) in [5.41, 5.74) is -0.617. The fraction of sp³-hybridized carbons (Fsp3) is 0.227. The van der Waals surface area contributed by atoms with Gasteiger partial charge in [0.1, 0.15) is 17.1 Å². The number of hydrogen-bond acceptors (Lipinski definition) is 10. The number of hydrogen-bond donors (Lipinski definition) is 1. The number of rotatable bonds is 4. The van der Waals surface area contributed by atoms with Crippen molar-refractivity contribution in [3.8, 4) is 11.5 Å². The van der Waals surface area contributed by atoms with Crippen molar-refractivity contribution in [3.05, 3.63) is 45.9 Å². The molecule has 0 spiro atoms. The molecule has 0 radical (unpaired) electrons. The molecule has 10 heteroatoms. The molecular weight excluding hydrogens is 424 g/mol. The van der Waals surface area contributed by atoms with Crippen LogP contribution in [0.5, 0.6) is 11.5 Å². The summed E-state index contributed by atoms with van der Waals surface area (Å²) in [6.45, 7) is 3.64. The van der Waals surface area contributed by atoms with Crippen molar-refractivity contribution in [3.63, 3.8) is 0 Å². The van der Waals surface area contributed by atoms with E-state index in [0.717, 1.165) is 28.1 Å². The number of Topliss-reactive ketones (excluding diaryl/α,β-unsaturated/α-hetero) is 2. The zero-order valence-corrected chi connectivity index (χ0v) is 17.8. The van der Waals surface area contributed by atoms with Crippen LogP contribution >= 0.6 is 0 Å². The van der Waals surface area contributed by atoms with Gasteiger partial charge in [0.2, 0.25) is 23.1 Å². The molecular formula is C22H18O10. The number of phenolic OH excluding ortho intramolecular Hbond substituents is 1. The van der Waals surface area contributed by atoms with E-state index in [2.05, 4.69) is 0 Å². The van der Waals surface area contributed by atoms with Crippen LogP contribution in [0.4, 0.5) is 0 Å². The quantitative estimate of drug-likeness (QED) is 0.554. The summed E-state index contributed by atoms with van der Waals surface area (Å²) in [5, 5.41) is 11.2. The zero-order valence-electron chi connectivity index (χ0n) is 17.8. The van der Waals surface area contributed by atoms with E-state index >= 15 is 0 Å². The van der Waals surface area contributed by atoms with Crippen molar-refractivity contribution in [1.29, 1.82) is 0 Å². The Labute approximate surface area is 181 Å². The first-order valence-corrected chi connectivity index (χ1v) is 9.19. The molecule has 0 saturated heterocycles. The summed E-state index contributed by atoms with van der Waals surface area (Å²) < 4.78 is 19.7. The molecule has 32 heavy (non-hydrogen) atoms. The molecule has 166 valence electrons. The van der Waals surface area contributed by atoms with E-state index in [9.17, 15) is 29.1 Å². The third kappa shape index (κ3) is 3.45. The summed E-state index contributed by atoms with van der Waals surface area (Å²) in [6, 6.07) is 2.52. The lowest BCUT2D eigenvalue weighted by Gasteiger charge is -2.22. The van der Waals surface area contributed by atoms with Gasteiger partial charge in [0.05, 0.1) is 19.8 Å². The van der Waals surface area contributed by atoms with Gasteiger partial charge in [-0.05, 0) is 30.0 Å². The van der Waals surface area contributed by atoms with Crippen molar-refractivity contribution in [2.24, 2.45) is 0 Å². The molecule has 1 aliphatic carbocycles. The van der Waals surface area contributed by atoms with Gasteiger partial charge in [-0.3, -0.25) is 19.2 Å². The number of ketones is 2. The Morgan fingerprint density at radius 1 is 0.906 bits per heavy atom. The molecule has 0 fully saturated rings. The van der Waals surface area contributed by atoms with Crippen molar-refractivity contribution in [2.45, 2.75) is 20.8 Å². The van der Waals surface area contributed by atoms with Gasteiger partial charge in [-0.15, -0.1) is 0 Å². The maximum atomic E-state index is 13.0. The molecule has 0 bridgehead atoms. The Hall–Kier alpha value is -4.21. The standard InChI is InChI=1S/C22H18O10/c1-8-14-11(7-13(31-9(2)23)15(8)22(28)30-5)6-12-16(18(14)26)19(27)20(29-4)21(17(12)25)32-10(3)24/h6-7,26H,1-5H3. The van der Waals surface area contributed by atoms with Gasteiger partial charge in [-0.1, -0.05) is 0 Å². The van der Waals surface area contributed by atoms with Crippen LogP contribution in [0.25, 0.3) is 10.8 Å². The van der Waals surface area contributed by atoms with Gasteiger partial charge in [0.25, 0.3) is 0 Å². The minimum absolute atomic E-state index is 0.0626. The van der Waals surface area contributed by atoms with Crippen LogP contribution in [0.3, 0.4) is 0 Å². The zero-order chi connectivity index (χ0) is 23.9. The second-order valence-electron chi connectivity index (χ2n) is 6.82. The number of carbonyl (C=O) groups excluding carboxylic acids is 5. The third-order valence-corrected chi connectivity index (χ3v) is 4.80. The van der Waals surface area contributed by atoms with Crippen LogP contribution in [0.2, 0.25) is 0 Å². The number of aryl methyl sites for hydroxylation is 1. The predicted molar refractivity (Wildman–Crippen MR) is 107 cm³/mol. The summed E-state index contributed by atoms with van der Waals surface area (Å²) >= 11 is 0. The highest BCUT2D eigenvalue weighted by Gasteiger charge is 2.39. The van der Waals surface area contributed by atoms with E-state index < -0.39 is 46.7 Å². The monoisotopic (exact) mass is 442 g/mol. The van der Waals surface area contributed by atoms with Crippen molar-refractivity contribution in [1.82, 2.24) is 0 Å². The average molecular weight is 442 g/mol. The fourth-order valence-corrected chi connectivity index (χ4v) is 3.58. The molecule has 0 aliphatic heterocycles. The maximum Gasteiger partial charge on any atom is 0.341 e. The van der Waals surface area contributed by atoms with E-state index in [1.807, 2.05) is 0 Å². The van der Waals surface area contributed by atoms with Crippen LogP contribution in [0, 0.1) is 6.92 Å². The highest BCUT2D eigenvalue weighted by molar-refractivity contribution is 6.29. The third-order valence-electron chi connectivity index (χ3n) is 4.80. The van der Waals surface area contributed by atoms with E-state index in [0.29, 0.717) is 0 Å². The van der Waals surface area contributed by atoms with Crippen molar-refractivity contribution >= 4 is 40.2 Å². The number of phenols is 1. The van der Waals surface area contributed by atoms with Crippen molar-refractivity contribution in [2.75, 3.05) is 14.2 Å². The molecule has 0 aromatic heterocycles. The predicted octanol–water partition coefficient (Wildman–Crippen LogP) is 2.37. The number of fused-ring (bicyclic) bond motifs is 2. The molecule has 3 rings (SSSR count). The number of methoxy groups -OCH3 is 2. The molecule has 0 heterocycles. The van der Waals surface area contributed by atoms with E-state index in [4.69, 9.17) is 18.9 Å². The van der Waals surface area contributed by atoms with Gasteiger partial charge in [-0.25, -0.2) is 4.79 Å². The highest BCUT2D eigenvalue weighted by atomic mass is 16.6. The molecule has 0 unspecified atom stereocenters. The number of benzene rings is 2. The SMILES string of the molecule is COC(=O)c1c(OC(C)=O)cc2cc3c(c(O)c2c1C)C(=O)C(OC)=C(OC(C)=O)C3=O. The molecule has 2 aromatic rings. The maximum absolute atomic E-state index is 13.0. The van der Waals surface area contributed by atoms with Gasteiger partial charge in [-0.2, -0.15) is 0 Å². The van der Waals surface area contributed by atoms with E-state index in [1.54, 1.807) is 0 Å². The molecule has 0 atom stereocenters. The first-order chi connectivity index (χ1) is 15.0. The summed E-state index contributed by atoms with van der Waals surface area (Å²) in [7, 11) is 2.24. The van der Waals surface area contributed by atoms with Gasteiger partial charge < -0.3 is 24.1 Å². The first-order valence-electron chi connectivity index (χ1n) is 9.19. The number of allylic oxidation sites excluding steroid dienone is 2.